The van der Waals surface area contributed by atoms with Crippen LogP contribution in [0.25, 0.3) is 0 Å². The van der Waals surface area contributed by atoms with Gasteiger partial charge < -0.3 is 21.1 Å². The van der Waals surface area contributed by atoms with Crippen LogP contribution in [0.3, 0.4) is 0 Å². The quantitative estimate of drug-likeness (QED) is 0.542. The molecule has 3 amide bonds. The van der Waals surface area contributed by atoms with Crippen molar-refractivity contribution in [2.24, 2.45) is 11.8 Å². The van der Waals surface area contributed by atoms with Crippen molar-refractivity contribution in [2.75, 3.05) is 13.1 Å². The minimum absolute atomic E-state index is 0.0893. The number of carboxylic acids is 1. The topological polar surface area (TPSA) is 108 Å². The smallest absolute Gasteiger partial charge is 0.315 e. The van der Waals surface area contributed by atoms with Gasteiger partial charge >= 0.3 is 12.0 Å². The van der Waals surface area contributed by atoms with E-state index < -0.39 is 17.9 Å². The number of hydrogen-bond donors (Lipinski definition) is 4. The molecule has 108 valence electrons. The molecule has 0 spiro atoms. The lowest BCUT2D eigenvalue weighted by Gasteiger charge is -2.17. The third kappa shape index (κ3) is 5.58. The van der Waals surface area contributed by atoms with Crippen molar-refractivity contribution in [2.45, 2.75) is 32.7 Å². The second-order valence-electron chi connectivity index (χ2n) is 5.22. The molecule has 2 atom stereocenters. The molecule has 0 bridgehead atoms. The molecule has 0 aliphatic carbocycles. The summed E-state index contributed by atoms with van der Waals surface area (Å²) in [5, 5.41) is 16.8. The Hall–Kier alpha value is -1.79. The van der Waals surface area contributed by atoms with Gasteiger partial charge in [0.1, 0.15) is 0 Å². The molecule has 1 heterocycles. The van der Waals surface area contributed by atoms with Gasteiger partial charge in [-0.25, -0.2) is 4.79 Å². The van der Waals surface area contributed by atoms with Crippen LogP contribution in [0, 0.1) is 11.8 Å². The number of nitrogens with one attached hydrogen (secondary N) is 3. The van der Waals surface area contributed by atoms with E-state index in [1.54, 1.807) is 0 Å². The zero-order valence-electron chi connectivity index (χ0n) is 11.2. The van der Waals surface area contributed by atoms with E-state index in [0.29, 0.717) is 13.0 Å². The fourth-order valence-corrected chi connectivity index (χ4v) is 2.00. The lowest BCUT2D eigenvalue weighted by molar-refractivity contribution is -0.142. The number of urea groups is 1. The first-order valence-corrected chi connectivity index (χ1v) is 6.42. The van der Waals surface area contributed by atoms with Gasteiger partial charge in [-0.15, -0.1) is 0 Å². The molecule has 7 heteroatoms. The summed E-state index contributed by atoms with van der Waals surface area (Å²) >= 11 is 0. The number of rotatable bonds is 6. The van der Waals surface area contributed by atoms with E-state index in [-0.39, 0.29) is 30.8 Å². The average Bonchev–Trinajstić information content (AvgIpc) is 2.69. The molecule has 0 aromatic heterocycles. The van der Waals surface area contributed by atoms with E-state index in [1.165, 1.54) is 0 Å². The fraction of sp³-hybridized carbons (Fsp3) is 0.750. The van der Waals surface area contributed by atoms with Crippen LogP contribution in [-0.2, 0) is 9.59 Å². The van der Waals surface area contributed by atoms with Gasteiger partial charge in [-0.1, -0.05) is 13.8 Å². The van der Waals surface area contributed by atoms with E-state index in [9.17, 15) is 14.4 Å². The van der Waals surface area contributed by atoms with Crippen LogP contribution in [0.5, 0.6) is 0 Å². The normalized spacial score (nSPS) is 19.9. The Morgan fingerprint density at radius 2 is 2.16 bits per heavy atom. The lowest BCUT2D eigenvalue weighted by Crippen LogP contribution is -2.45. The Balaban J connectivity index is 2.31. The summed E-state index contributed by atoms with van der Waals surface area (Å²) in [6, 6.07) is -0.655. The van der Waals surface area contributed by atoms with Crippen molar-refractivity contribution in [3.05, 3.63) is 0 Å². The van der Waals surface area contributed by atoms with Gasteiger partial charge in [-0.05, 0) is 12.3 Å². The van der Waals surface area contributed by atoms with Gasteiger partial charge in [0.05, 0.1) is 12.0 Å². The SMILES string of the molecule is CC(C)CC(CNC(=O)NC1CNC(=O)C1)C(=O)O. The van der Waals surface area contributed by atoms with Crippen LogP contribution in [0.4, 0.5) is 4.79 Å². The summed E-state index contributed by atoms with van der Waals surface area (Å²) in [6.07, 6.45) is 0.779. The van der Waals surface area contributed by atoms with Crippen molar-refractivity contribution < 1.29 is 19.5 Å². The third-order valence-electron chi connectivity index (χ3n) is 2.93. The predicted octanol–water partition coefficient (Wildman–Crippen LogP) is -0.0790. The Bertz CT molecular complexity index is 357. The number of hydrogen-bond acceptors (Lipinski definition) is 3. The average molecular weight is 271 g/mol. The Kier molecular flexibility index (Phi) is 5.59. The molecule has 1 aliphatic heterocycles. The van der Waals surface area contributed by atoms with Crippen molar-refractivity contribution in [3.63, 3.8) is 0 Å². The highest BCUT2D eigenvalue weighted by Crippen LogP contribution is 2.11. The van der Waals surface area contributed by atoms with Crippen LogP contribution in [0.15, 0.2) is 0 Å². The van der Waals surface area contributed by atoms with E-state index >= 15 is 0 Å². The van der Waals surface area contributed by atoms with Gasteiger partial charge in [-0.2, -0.15) is 0 Å². The van der Waals surface area contributed by atoms with Gasteiger partial charge in [0.25, 0.3) is 0 Å². The summed E-state index contributed by atoms with van der Waals surface area (Å²) in [7, 11) is 0. The Morgan fingerprint density at radius 1 is 1.47 bits per heavy atom. The molecule has 1 fully saturated rings. The zero-order valence-corrected chi connectivity index (χ0v) is 11.2. The van der Waals surface area contributed by atoms with E-state index in [0.717, 1.165) is 0 Å². The first kappa shape index (κ1) is 15.3. The van der Waals surface area contributed by atoms with Crippen molar-refractivity contribution in [3.8, 4) is 0 Å². The molecule has 0 aromatic carbocycles. The van der Waals surface area contributed by atoms with Gasteiger partial charge in [0.2, 0.25) is 5.91 Å². The molecule has 2 unspecified atom stereocenters. The molecular weight excluding hydrogens is 250 g/mol. The van der Waals surface area contributed by atoms with Crippen LogP contribution in [0.2, 0.25) is 0 Å². The Labute approximate surface area is 112 Å². The number of carbonyl (C=O) groups is 3. The van der Waals surface area contributed by atoms with E-state index in [1.807, 2.05) is 13.8 Å². The zero-order chi connectivity index (χ0) is 14.4. The van der Waals surface area contributed by atoms with Gasteiger partial charge in [0, 0.05) is 19.5 Å². The molecule has 1 saturated heterocycles. The predicted molar refractivity (Wildman–Crippen MR) is 68.5 cm³/mol. The van der Waals surface area contributed by atoms with Crippen LogP contribution in [0.1, 0.15) is 26.7 Å². The lowest BCUT2D eigenvalue weighted by atomic mass is 9.97. The maximum atomic E-state index is 11.6. The molecular formula is C12H21N3O4. The van der Waals surface area contributed by atoms with Gasteiger partial charge in [-0.3, -0.25) is 9.59 Å². The van der Waals surface area contributed by atoms with Crippen molar-refractivity contribution in [1.82, 2.24) is 16.0 Å². The van der Waals surface area contributed by atoms with E-state index in [4.69, 9.17) is 5.11 Å². The largest absolute Gasteiger partial charge is 0.481 e. The minimum atomic E-state index is -0.910. The van der Waals surface area contributed by atoms with Crippen molar-refractivity contribution >= 4 is 17.9 Å². The highest BCUT2D eigenvalue weighted by atomic mass is 16.4. The molecule has 1 aliphatic rings. The molecule has 7 nitrogen and oxygen atoms in total. The number of carbonyl (C=O) groups excluding carboxylic acids is 2. The van der Waals surface area contributed by atoms with Crippen molar-refractivity contribution in [1.29, 1.82) is 0 Å². The highest BCUT2D eigenvalue weighted by molar-refractivity contribution is 5.81. The maximum absolute atomic E-state index is 11.6. The molecule has 0 radical (unpaired) electrons. The molecule has 1 rings (SSSR count). The Morgan fingerprint density at radius 3 is 2.63 bits per heavy atom. The first-order chi connectivity index (χ1) is 8.88. The number of amides is 3. The van der Waals surface area contributed by atoms with Crippen LogP contribution < -0.4 is 16.0 Å². The minimum Gasteiger partial charge on any atom is -0.481 e. The monoisotopic (exact) mass is 271 g/mol. The summed E-state index contributed by atoms with van der Waals surface area (Å²) in [4.78, 5) is 33.5. The van der Waals surface area contributed by atoms with Gasteiger partial charge in [0.15, 0.2) is 0 Å². The fourth-order valence-electron chi connectivity index (χ4n) is 2.00. The second kappa shape index (κ2) is 6.96. The van der Waals surface area contributed by atoms with E-state index in [2.05, 4.69) is 16.0 Å². The molecule has 4 N–H and O–H groups in total. The maximum Gasteiger partial charge on any atom is 0.315 e. The van der Waals surface area contributed by atoms with Crippen LogP contribution >= 0.6 is 0 Å². The number of carboxylic acid groups (broad SMARTS) is 1. The first-order valence-electron chi connectivity index (χ1n) is 6.42. The molecule has 0 saturated carbocycles. The standard InChI is InChI=1S/C12H21N3O4/c1-7(2)3-8(11(17)18)5-14-12(19)15-9-4-10(16)13-6-9/h7-9H,3-6H2,1-2H3,(H,13,16)(H,17,18)(H2,14,15,19). The second-order valence-corrected chi connectivity index (χ2v) is 5.22. The molecule has 0 aromatic rings. The third-order valence-corrected chi connectivity index (χ3v) is 2.93. The molecule has 19 heavy (non-hydrogen) atoms. The summed E-state index contributed by atoms with van der Waals surface area (Å²) < 4.78 is 0. The summed E-state index contributed by atoms with van der Waals surface area (Å²) in [6.45, 7) is 4.38. The number of aliphatic carboxylic acids is 1. The van der Waals surface area contributed by atoms with Crippen LogP contribution in [-0.4, -0.2) is 42.1 Å². The highest BCUT2D eigenvalue weighted by Gasteiger charge is 2.24. The summed E-state index contributed by atoms with van der Waals surface area (Å²) in [5.41, 5.74) is 0. The summed E-state index contributed by atoms with van der Waals surface area (Å²) in [5.74, 6) is -1.34.